The molecule has 0 saturated carbocycles. The van der Waals surface area contributed by atoms with Gasteiger partial charge in [-0.25, -0.2) is 9.50 Å². The lowest BCUT2D eigenvalue weighted by atomic mass is 9.99. The summed E-state index contributed by atoms with van der Waals surface area (Å²) in [5.41, 5.74) is 0.626. The summed E-state index contributed by atoms with van der Waals surface area (Å²) in [6, 6.07) is 4.05. The van der Waals surface area contributed by atoms with Crippen molar-refractivity contribution in [3.05, 3.63) is 71.3 Å². The molecule has 0 fully saturated rings. The molecule has 1 aliphatic heterocycles. The number of fused-ring (bicyclic) bond motifs is 2. The zero-order chi connectivity index (χ0) is 22.6. The van der Waals surface area contributed by atoms with Crippen LogP contribution in [0.15, 0.2) is 43.0 Å². The minimum absolute atomic E-state index is 0.161. The van der Waals surface area contributed by atoms with E-state index in [1.54, 1.807) is 6.07 Å². The number of carbonyl (C=O) groups excluding carboxylic acids is 1. The second-order valence-electron chi connectivity index (χ2n) is 7.21. The van der Waals surface area contributed by atoms with Gasteiger partial charge in [-0.2, -0.15) is 36.8 Å². The highest BCUT2D eigenvalue weighted by Crippen LogP contribution is 2.35. The van der Waals surface area contributed by atoms with Crippen LogP contribution in [0.4, 0.5) is 22.0 Å². The van der Waals surface area contributed by atoms with Crippen molar-refractivity contribution >= 4 is 11.4 Å². The predicted octanol–water partition coefficient (Wildman–Crippen LogP) is 3.46. The first-order valence-electron chi connectivity index (χ1n) is 9.45. The molecule has 32 heavy (non-hydrogen) atoms. The van der Waals surface area contributed by atoms with E-state index < -0.39 is 30.2 Å². The lowest BCUT2D eigenvalue weighted by molar-refractivity contribution is -0.137. The van der Waals surface area contributed by atoms with Crippen molar-refractivity contribution in [2.45, 2.75) is 25.2 Å². The Balaban J connectivity index is 1.60. The van der Waals surface area contributed by atoms with Crippen molar-refractivity contribution < 1.29 is 26.7 Å². The zero-order valence-electron chi connectivity index (χ0n) is 16.1. The van der Waals surface area contributed by atoms with E-state index in [-0.39, 0.29) is 17.9 Å². The molecule has 0 aliphatic carbocycles. The Labute approximate surface area is 176 Å². The lowest BCUT2D eigenvalue weighted by Gasteiger charge is -2.33. The molecule has 5 heterocycles. The van der Waals surface area contributed by atoms with Gasteiger partial charge in [-0.3, -0.25) is 4.79 Å². The third kappa shape index (κ3) is 3.20. The number of halogens is 5. The standard InChI is InChI=1S/C19H14F5N7O/c20-18(21)31-14(3-5-27-31)17(32)29-6-4-12-15(26-9-25-12)16(29)13-7-11-2-1-10(19(22,23)24)8-30(11)28-13/h1-3,5,7-9,16,18H,4,6H2,(H,25,26)/t16-/m1/s1. The van der Waals surface area contributed by atoms with Crippen LogP contribution in [0.25, 0.3) is 5.52 Å². The average molecular weight is 451 g/mol. The highest BCUT2D eigenvalue weighted by atomic mass is 19.4. The molecule has 1 atom stereocenters. The number of nitrogens with zero attached hydrogens (tertiary/aromatic N) is 6. The number of amides is 1. The number of nitrogens with one attached hydrogen (secondary N) is 1. The van der Waals surface area contributed by atoms with E-state index in [0.29, 0.717) is 22.3 Å². The van der Waals surface area contributed by atoms with E-state index in [9.17, 15) is 26.7 Å². The van der Waals surface area contributed by atoms with Crippen LogP contribution < -0.4 is 0 Å². The number of imidazole rings is 1. The SMILES string of the molecule is O=C(c1ccnn1C(F)F)N1CCc2[nH]cnc2[C@H]1c1cc2ccc(C(F)(F)F)cn2n1. The minimum atomic E-state index is -4.55. The summed E-state index contributed by atoms with van der Waals surface area (Å²) < 4.78 is 67.2. The number of hydrogen-bond donors (Lipinski definition) is 1. The zero-order valence-corrected chi connectivity index (χ0v) is 16.1. The number of rotatable bonds is 3. The first-order chi connectivity index (χ1) is 15.2. The molecule has 4 aromatic rings. The number of hydrogen-bond acceptors (Lipinski definition) is 4. The molecule has 8 nitrogen and oxygen atoms in total. The number of aromatic amines is 1. The van der Waals surface area contributed by atoms with Crippen molar-refractivity contribution in [1.82, 2.24) is 34.3 Å². The van der Waals surface area contributed by atoms with Crippen molar-refractivity contribution in [2.24, 2.45) is 0 Å². The summed E-state index contributed by atoms with van der Waals surface area (Å²) in [6.07, 6.45) is -0.762. The van der Waals surface area contributed by atoms with Gasteiger partial charge in [0.25, 0.3) is 5.91 Å². The van der Waals surface area contributed by atoms with Crippen LogP contribution in [-0.2, 0) is 12.6 Å². The predicted molar refractivity (Wildman–Crippen MR) is 98.8 cm³/mol. The fraction of sp³-hybridized carbons (Fsp3) is 0.263. The molecule has 0 unspecified atom stereocenters. The molecule has 0 bridgehead atoms. The summed E-state index contributed by atoms with van der Waals surface area (Å²) in [7, 11) is 0. The van der Waals surface area contributed by atoms with Gasteiger partial charge in [-0.1, -0.05) is 0 Å². The van der Waals surface area contributed by atoms with Gasteiger partial charge in [0, 0.05) is 31.1 Å². The molecule has 0 spiro atoms. The van der Waals surface area contributed by atoms with Crippen LogP contribution in [-0.4, -0.2) is 46.7 Å². The smallest absolute Gasteiger partial charge is 0.348 e. The molecule has 5 rings (SSSR count). The fourth-order valence-corrected chi connectivity index (χ4v) is 3.89. The Morgan fingerprint density at radius 3 is 2.78 bits per heavy atom. The second-order valence-corrected chi connectivity index (χ2v) is 7.21. The van der Waals surface area contributed by atoms with E-state index in [2.05, 4.69) is 20.2 Å². The Kier molecular flexibility index (Phi) is 4.50. The molecule has 0 aromatic carbocycles. The van der Waals surface area contributed by atoms with Crippen LogP contribution in [0.5, 0.6) is 0 Å². The Morgan fingerprint density at radius 1 is 1.22 bits per heavy atom. The van der Waals surface area contributed by atoms with E-state index >= 15 is 0 Å². The number of aromatic nitrogens is 6. The normalized spacial score (nSPS) is 16.7. The molecule has 4 aromatic heterocycles. The molecular formula is C19H14F5N7O. The quantitative estimate of drug-likeness (QED) is 0.484. The summed E-state index contributed by atoms with van der Waals surface area (Å²) in [5.74, 6) is -0.713. The van der Waals surface area contributed by atoms with Crippen LogP contribution >= 0.6 is 0 Å². The van der Waals surface area contributed by atoms with Crippen molar-refractivity contribution in [2.75, 3.05) is 6.54 Å². The maximum Gasteiger partial charge on any atom is 0.417 e. The van der Waals surface area contributed by atoms with E-state index in [1.807, 2.05) is 0 Å². The number of alkyl halides is 5. The highest BCUT2D eigenvalue weighted by Gasteiger charge is 2.38. The Hall–Kier alpha value is -3.77. The van der Waals surface area contributed by atoms with E-state index in [4.69, 9.17) is 0 Å². The fourth-order valence-electron chi connectivity index (χ4n) is 3.89. The molecule has 166 valence electrons. The van der Waals surface area contributed by atoms with Gasteiger partial charge >= 0.3 is 12.7 Å². The van der Waals surface area contributed by atoms with E-state index in [0.717, 1.165) is 28.7 Å². The lowest BCUT2D eigenvalue weighted by Crippen LogP contribution is -2.41. The molecule has 1 N–H and O–H groups in total. The van der Waals surface area contributed by atoms with E-state index in [1.165, 1.54) is 23.4 Å². The first kappa shape index (κ1) is 20.2. The molecule has 1 aliphatic rings. The third-order valence-corrected chi connectivity index (χ3v) is 5.35. The average Bonchev–Trinajstić information content (AvgIpc) is 3.49. The van der Waals surface area contributed by atoms with Gasteiger partial charge in [-0.05, 0) is 24.3 Å². The highest BCUT2D eigenvalue weighted by molar-refractivity contribution is 5.93. The van der Waals surface area contributed by atoms with Gasteiger partial charge < -0.3 is 9.88 Å². The summed E-state index contributed by atoms with van der Waals surface area (Å²) in [6.45, 7) is -2.85. The Morgan fingerprint density at radius 2 is 2.03 bits per heavy atom. The number of H-pyrrole nitrogens is 1. The molecule has 0 saturated heterocycles. The molecule has 0 radical (unpaired) electrons. The Bertz CT molecular complexity index is 1300. The minimum Gasteiger partial charge on any atom is -0.348 e. The van der Waals surface area contributed by atoms with Gasteiger partial charge in [0.1, 0.15) is 11.7 Å². The maximum absolute atomic E-state index is 13.3. The van der Waals surface area contributed by atoms with Gasteiger partial charge in [0.2, 0.25) is 0 Å². The monoisotopic (exact) mass is 451 g/mol. The largest absolute Gasteiger partial charge is 0.417 e. The molecule has 1 amide bonds. The van der Waals surface area contributed by atoms with Crippen LogP contribution in [0.3, 0.4) is 0 Å². The van der Waals surface area contributed by atoms with Crippen molar-refractivity contribution in [1.29, 1.82) is 0 Å². The number of pyridine rings is 1. The summed E-state index contributed by atoms with van der Waals surface area (Å²) in [5, 5.41) is 7.76. The topological polar surface area (TPSA) is 84.1 Å². The van der Waals surface area contributed by atoms with Gasteiger partial charge in [0.15, 0.2) is 0 Å². The second kappa shape index (κ2) is 7.14. The van der Waals surface area contributed by atoms with Gasteiger partial charge in [-0.15, -0.1) is 0 Å². The molecule has 13 heteroatoms. The van der Waals surface area contributed by atoms with Crippen molar-refractivity contribution in [3.8, 4) is 0 Å². The van der Waals surface area contributed by atoms with Crippen LogP contribution in [0, 0.1) is 0 Å². The summed E-state index contributed by atoms with van der Waals surface area (Å²) >= 11 is 0. The molecular weight excluding hydrogens is 437 g/mol. The first-order valence-corrected chi connectivity index (χ1v) is 9.45. The maximum atomic E-state index is 13.3. The van der Waals surface area contributed by atoms with Crippen LogP contribution in [0.1, 0.15) is 45.7 Å². The third-order valence-electron chi connectivity index (χ3n) is 5.35. The van der Waals surface area contributed by atoms with Crippen LogP contribution in [0.2, 0.25) is 0 Å². The summed E-state index contributed by atoms with van der Waals surface area (Å²) in [4.78, 5) is 21.8. The number of carbonyl (C=O) groups is 1. The van der Waals surface area contributed by atoms with Gasteiger partial charge in [0.05, 0.1) is 28.8 Å². The van der Waals surface area contributed by atoms with Crippen molar-refractivity contribution in [3.63, 3.8) is 0 Å².